The number of aromatic nitrogens is 2. The van der Waals surface area contributed by atoms with Gasteiger partial charge in [-0.2, -0.15) is 13.2 Å². The minimum absolute atomic E-state index is 0.00169. The van der Waals surface area contributed by atoms with Crippen LogP contribution in [0.1, 0.15) is 11.3 Å². The van der Waals surface area contributed by atoms with Gasteiger partial charge in [0.15, 0.2) is 5.15 Å². The maximum Gasteiger partial charge on any atom is 0.417 e. The van der Waals surface area contributed by atoms with Crippen LogP contribution in [0.2, 0.25) is 5.15 Å². The number of imidazole rings is 1. The molecule has 0 fully saturated rings. The Morgan fingerprint density at radius 1 is 1.38 bits per heavy atom. The zero-order chi connectivity index (χ0) is 11.9. The van der Waals surface area contributed by atoms with E-state index in [1.54, 1.807) is 0 Å². The second kappa shape index (κ2) is 3.64. The molecule has 0 radical (unpaired) electrons. The molecule has 0 unspecified atom stereocenters. The average Bonchev–Trinajstić information content (AvgIpc) is 2.50. The molecule has 0 aliphatic heterocycles. The van der Waals surface area contributed by atoms with Crippen molar-refractivity contribution >= 4 is 17.2 Å². The summed E-state index contributed by atoms with van der Waals surface area (Å²) in [6, 6.07) is 2.12. The number of hydrogen-bond acceptors (Lipinski definition) is 2. The number of aliphatic hydroxyl groups excluding tert-OH is 1. The molecule has 2 rings (SSSR count). The van der Waals surface area contributed by atoms with Crippen LogP contribution in [0.3, 0.4) is 0 Å². The highest BCUT2D eigenvalue weighted by Crippen LogP contribution is 2.30. The standard InChI is InChI=1S/C9H6ClF3N2O/c10-8-6(4-16)15-3-5(9(11,12)13)1-2-7(15)14-8/h1-3,16H,4H2. The van der Waals surface area contributed by atoms with Crippen molar-refractivity contribution in [3.05, 3.63) is 34.7 Å². The molecule has 0 aliphatic rings. The lowest BCUT2D eigenvalue weighted by atomic mass is 10.3. The summed E-state index contributed by atoms with van der Waals surface area (Å²) < 4.78 is 38.4. The molecule has 0 atom stereocenters. The van der Waals surface area contributed by atoms with Crippen molar-refractivity contribution in [3.63, 3.8) is 0 Å². The van der Waals surface area contributed by atoms with Crippen LogP contribution in [-0.2, 0) is 12.8 Å². The van der Waals surface area contributed by atoms with Crippen LogP contribution < -0.4 is 0 Å². The van der Waals surface area contributed by atoms with Crippen LogP contribution in [0.15, 0.2) is 18.3 Å². The first-order valence-electron chi connectivity index (χ1n) is 4.28. The van der Waals surface area contributed by atoms with Crippen molar-refractivity contribution in [1.29, 1.82) is 0 Å². The first-order chi connectivity index (χ1) is 7.43. The van der Waals surface area contributed by atoms with Gasteiger partial charge < -0.3 is 5.11 Å². The van der Waals surface area contributed by atoms with Crippen LogP contribution in [-0.4, -0.2) is 14.5 Å². The molecule has 1 N–H and O–H groups in total. The van der Waals surface area contributed by atoms with E-state index in [4.69, 9.17) is 16.7 Å². The molecule has 86 valence electrons. The first kappa shape index (κ1) is 11.2. The lowest BCUT2D eigenvalue weighted by molar-refractivity contribution is -0.137. The summed E-state index contributed by atoms with van der Waals surface area (Å²) in [6.45, 7) is -0.471. The SMILES string of the molecule is OCc1c(Cl)nc2ccc(C(F)(F)F)cn12. The van der Waals surface area contributed by atoms with Gasteiger partial charge in [0, 0.05) is 6.20 Å². The van der Waals surface area contributed by atoms with Crippen molar-refractivity contribution in [2.45, 2.75) is 12.8 Å². The Labute approximate surface area is 93.1 Å². The summed E-state index contributed by atoms with van der Waals surface area (Å²) in [5.41, 5.74) is -0.409. The zero-order valence-electron chi connectivity index (χ0n) is 7.79. The van der Waals surface area contributed by atoms with Gasteiger partial charge in [-0.1, -0.05) is 11.6 Å². The van der Waals surface area contributed by atoms with Crippen LogP contribution >= 0.6 is 11.6 Å². The van der Waals surface area contributed by atoms with E-state index in [9.17, 15) is 13.2 Å². The van der Waals surface area contributed by atoms with Gasteiger partial charge in [-0.25, -0.2) is 4.98 Å². The normalized spacial score (nSPS) is 12.3. The number of aliphatic hydroxyl groups is 1. The average molecular weight is 251 g/mol. The van der Waals surface area contributed by atoms with Crippen LogP contribution in [0.5, 0.6) is 0 Å². The summed E-state index contributed by atoms with van der Waals surface area (Å²) in [4.78, 5) is 3.81. The highest BCUT2D eigenvalue weighted by Gasteiger charge is 2.31. The first-order valence-corrected chi connectivity index (χ1v) is 4.66. The predicted molar refractivity (Wildman–Crippen MR) is 51.1 cm³/mol. The van der Waals surface area contributed by atoms with Crippen molar-refractivity contribution in [2.24, 2.45) is 0 Å². The topological polar surface area (TPSA) is 37.5 Å². The molecular formula is C9H6ClF3N2O. The molecule has 0 aromatic carbocycles. The molecule has 0 aliphatic carbocycles. The highest BCUT2D eigenvalue weighted by atomic mass is 35.5. The molecule has 0 saturated heterocycles. The van der Waals surface area contributed by atoms with Crippen molar-refractivity contribution in [2.75, 3.05) is 0 Å². The lowest BCUT2D eigenvalue weighted by Gasteiger charge is -2.07. The van der Waals surface area contributed by atoms with Crippen LogP contribution in [0.4, 0.5) is 13.2 Å². The Morgan fingerprint density at radius 3 is 2.62 bits per heavy atom. The van der Waals surface area contributed by atoms with Gasteiger partial charge in [0.2, 0.25) is 0 Å². The zero-order valence-corrected chi connectivity index (χ0v) is 8.55. The number of alkyl halides is 3. The Hall–Kier alpha value is -1.27. The number of rotatable bonds is 1. The molecule has 0 spiro atoms. The van der Waals surface area contributed by atoms with Gasteiger partial charge in [-0.15, -0.1) is 0 Å². The van der Waals surface area contributed by atoms with E-state index in [-0.39, 0.29) is 16.5 Å². The third kappa shape index (κ3) is 1.74. The van der Waals surface area contributed by atoms with E-state index in [0.29, 0.717) is 0 Å². The van der Waals surface area contributed by atoms with Gasteiger partial charge >= 0.3 is 6.18 Å². The summed E-state index contributed by atoms with van der Waals surface area (Å²) in [5.74, 6) is 0. The van der Waals surface area contributed by atoms with Gasteiger partial charge in [0.25, 0.3) is 0 Å². The van der Waals surface area contributed by atoms with Crippen LogP contribution in [0.25, 0.3) is 5.65 Å². The smallest absolute Gasteiger partial charge is 0.390 e. The second-order valence-electron chi connectivity index (χ2n) is 3.15. The van der Waals surface area contributed by atoms with Crippen molar-refractivity contribution in [1.82, 2.24) is 9.38 Å². The number of hydrogen-bond donors (Lipinski definition) is 1. The molecule has 2 aromatic heterocycles. The van der Waals surface area contributed by atoms with Gasteiger partial charge in [0.05, 0.1) is 17.9 Å². The summed E-state index contributed by atoms with van der Waals surface area (Å²) in [6.07, 6.45) is -3.57. The molecule has 2 aromatic rings. The Balaban J connectivity index is 2.69. The largest absolute Gasteiger partial charge is 0.417 e. The van der Waals surface area contributed by atoms with Crippen molar-refractivity contribution < 1.29 is 18.3 Å². The fourth-order valence-corrected chi connectivity index (χ4v) is 1.61. The Bertz CT molecular complexity index is 535. The fourth-order valence-electron chi connectivity index (χ4n) is 1.37. The third-order valence-electron chi connectivity index (χ3n) is 2.15. The number of fused-ring (bicyclic) bond motifs is 1. The minimum atomic E-state index is -4.43. The monoisotopic (exact) mass is 250 g/mol. The Kier molecular flexibility index (Phi) is 2.55. The van der Waals surface area contributed by atoms with E-state index in [1.807, 2.05) is 0 Å². The fraction of sp³-hybridized carbons (Fsp3) is 0.222. The van der Waals surface area contributed by atoms with E-state index >= 15 is 0 Å². The van der Waals surface area contributed by atoms with E-state index in [1.165, 1.54) is 6.07 Å². The van der Waals surface area contributed by atoms with Gasteiger partial charge in [-0.05, 0) is 12.1 Å². The maximum absolute atomic E-state index is 12.4. The number of pyridine rings is 1. The third-order valence-corrected chi connectivity index (χ3v) is 2.45. The van der Waals surface area contributed by atoms with E-state index < -0.39 is 18.3 Å². The number of halogens is 4. The molecule has 3 nitrogen and oxygen atoms in total. The highest BCUT2D eigenvalue weighted by molar-refractivity contribution is 6.30. The van der Waals surface area contributed by atoms with Crippen molar-refractivity contribution in [3.8, 4) is 0 Å². The summed E-state index contributed by atoms with van der Waals surface area (Å²) >= 11 is 5.66. The Morgan fingerprint density at radius 2 is 2.06 bits per heavy atom. The van der Waals surface area contributed by atoms with Crippen LogP contribution in [0, 0.1) is 0 Å². The molecule has 2 heterocycles. The molecule has 0 bridgehead atoms. The van der Waals surface area contributed by atoms with Gasteiger partial charge in [-0.3, -0.25) is 4.40 Å². The van der Waals surface area contributed by atoms with E-state index in [2.05, 4.69) is 4.98 Å². The number of nitrogens with zero attached hydrogens (tertiary/aromatic N) is 2. The maximum atomic E-state index is 12.4. The predicted octanol–water partition coefficient (Wildman–Crippen LogP) is 2.50. The molecule has 0 saturated carbocycles. The minimum Gasteiger partial charge on any atom is -0.390 e. The molecule has 16 heavy (non-hydrogen) atoms. The molecule has 0 amide bonds. The second-order valence-corrected chi connectivity index (χ2v) is 3.51. The van der Waals surface area contributed by atoms with E-state index in [0.717, 1.165) is 16.7 Å². The quantitative estimate of drug-likeness (QED) is 0.844. The molecule has 7 heteroatoms. The summed E-state index contributed by atoms with van der Waals surface area (Å²) in [7, 11) is 0. The van der Waals surface area contributed by atoms with Gasteiger partial charge in [0.1, 0.15) is 5.65 Å². The summed E-state index contributed by atoms with van der Waals surface area (Å²) in [5, 5.41) is 8.97. The molecular weight excluding hydrogens is 245 g/mol. The lowest BCUT2D eigenvalue weighted by Crippen LogP contribution is -2.07.